The highest BCUT2D eigenvalue weighted by Crippen LogP contribution is 2.26. The van der Waals surface area contributed by atoms with Gasteiger partial charge in [-0.1, -0.05) is 17.7 Å². The van der Waals surface area contributed by atoms with Gasteiger partial charge in [0.25, 0.3) is 0 Å². The minimum atomic E-state index is 0.0599. The van der Waals surface area contributed by atoms with Gasteiger partial charge in [-0.25, -0.2) is 5.43 Å². The van der Waals surface area contributed by atoms with Gasteiger partial charge < -0.3 is 19.6 Å². The summed E-state index contributed by atoms with van der Waals surface area (Å²) < 4.78 is 5.46. The highest BCUT2D eigenvalue weighted by molar-refractivity contribution is 6.30. The average molecular weight is 508 g/mol. The number of benzene rings is 2. The molecule has 0 amide bonds. The number of halogens is 1. The Bertz CT molecular complexity index is 1260. The summed E-state index contributed by atoms with van der Waals surface area (Å²) in [5.74, 6) is 1.62. The quantitative estimate of drug-likeness (QED) is 0.271. The molecule has 12 heteroatoms. The minimum Gasteiger partial charge on any atom is -0.507 e. The number of nitrogens with one attached hydrogen (secondary N) is 1. The van der Waals surface area contributed by atoms with E-state index in [1.54, 1.807) is 42.5 Å². The second-order valence-electron chi connectivity index (χ2n) is 8.35. The van der Waals surface area contributed by atoms with Crippen molar-refractivity contribution in [3.05, 3.63) is 53.1 Å². The van der Waals surface area contributed by atoms with Crippen LogP contribution in [0.2, 0.25) is 5.02 Å². The number of anilines is 3. The Kier molecular flexibility index (Phi) is 7.48. The second-order valence-corrected chi connectivity index (χ2v) is 8.78. The minimum absolute atomic E-state index is 0.0599. The number of aromatic nitrogens is 3. The fourth-order valence-electron chi connectivity index (χ4n) is 3.89. The highest BCUT2D eigenvalue weighted by Gasteiger charge is 2.21. The number of hydrogen-bond acceptors (Lipinski definition) is 11. The van der Waals surface area contributed by atoms with Crippen molar-refractivity contribution < 1.29 is 9.84 Å². The summed E-state index contributed by atoms with van der Waals surface area (Å²) in [4.78, 5) is 18.1. The van der Waals surface area contributed by atoms with Crippen molar-refractivity contribution in [1.29, 1.82) is 0 Å². The lowest BCUT2D eigenvalue weighted by molar-refractivity contribution is 0.122. The van der Waals surface area contributed by atoms with E-state index in [2.05, 4.69) is 40.5 Å². The number of hydrazone groups is 1. The van der Waals surface area contributed by atoms with E-state index in [1.807, 2.05) is 0 Å². The fourth-order valence-corrected chi connectivity index (χ4v) is 4.07. The zero-order valence-corrected chi connectivity index (χ0v) is 20.3. The van der Waals surface area contributed by atoms with Crippen LogP contribution >= 0.6 is 11.6 Å². The number of aromatic hydroxyl groups is 1. The van der Waals surface area contributed by atoms with Gasteiger partial charge in [-0.3, -0.25) is 0 Å². The van der Waals surface area contributed by atoms with E-state index in [1.165, 1.54) is 6.21 Å². The molecule has 1 aromatic heterocycles. The second kappa shape index (κ2) is 11.3. The third-order valence-corrected chi connectivity index (χ3v) is 6.00. The maximum absolute atomic E-state index is 10.3. The standard InChI is InChI=1S/C24H26ClN9O2/c25-18-4-3-5-19(15-18)30-31-20-6-7-21(35)17(14-20)16-26-32-22-27-23(33-8-1-2-9-33)29-24(28-22)34-10-12-36-13-11-34/h3-7,14-16,35H,1-2,8-13H2,(H,27,28,29,32)/b26-16-,31-30?. The van der Waals surface area contributed by atoms with Crippen LogP contribution in [0.5, 0.6) is 5.75 Å². The molecule has 3 aromatic rings. The van der Waals surface area contributed by atoms with E-state index in [4.69, 9.17) is 21.3 Å². The maximum Gasteiger partial charge on any atom is 0.250 e. The van der Waals surface area contributed by atoms with Crippen LogP contribution in [0.25, 0.3) is 0 Å². The van der Waals surface area contributed by atoms with Gasteiger partial charge in [0.2, 0.25) is 17.8 Å². The SMILES string of the molecule is Oc1ccc(N=Nc2cccc(Cl)c2)cc1/C=N\Nc1nc(N2CCCC2)nc(N2CCOCC2)n1. The predicted octanol–water partition coefficient (Wildman–Crippen LogP) is 4.53. The van der Waals surface area contributed by atoms with E-state index >= 15 is 0 Å². The van der Waals surface area contributed by atoms with Gasteiger partial charge in [0, 0.05) is 36.8 Å². The molecule has 2 aromatic carbocycles. The molecule has 2 saturated heterocycles. The highest BCUT2D eigenvalue weighted by atomic mass is 35.5. The van der Waals surface area contributed by atoms with Crippen molar-refractivity contribution in [2.45, 2.75) is 12.8 Å². The van der Waals surface area contributed by atoms with E-state index in [0.717, 1.165) is 39.0 Å². The number of azo groups is 1. The van der Waals surface area contributed by atoms with E-state index in [0.29, 0.717) is 53.0 Å². The van der Waals surface area contributed by atoms with Crippen molar-refractivity contribution in [3.8, 4) is 5.75 Å². The smallest absolute Gasteiger partial charge is 0.250 e. The van der Waals surface area contributed by atoms with Crippen molar-refractivity contribution in [2.24, 2.45) is 15.3 Å². The molecule has 5 rings (SSSR count). The summed E-state index contributed by atoms with van der Waals surface area (Å²) >= 11 is 6.00. The number of nitrogens with zero attached hydrogens (tertiary/aromatic N) is 8. The zero-order chi connectivity index (χ0) is 24.7. The molecule has 36 heavy (non-hydrogen) atoms. The lowest BCUT2D eigenvalue weighted by Crippen LogP contribution is -2.38. The first-order valence-electron chi connectivity index (χ1n) is 11.8. The van der Waals surface area contributed by atoms with Crippen LogP contribution in [0, 0.1) is 0 Å². The fraction of sp³-hybridized carbons (Fsp3) is 0.333. The van der Waals surface area contributed by atoms with Crippen LogP contribution in [0.3, 0.4) is 0 Å². The van der Waals surface area contributed by atoms with Gasteiger partial charge in [-0.15, -0.1) is 0 Å². The summed E-state index contributed by atoms with van der Waals surface area (Å²) in [6.45, 7) is 4.54. The van der Waals surface area contributed by atoms with Gasteiger partial charge >= 0.3 is 0 Å². The Morgan fingerprint density at radius 2 is 1.58 bits per heavy atom. The first-order valence-corrected chi connectivity index (χ1v) is 12.1. The number of rotatable bonds is 7. The molecule has 0 saturated carbocycles. The molecular formula is C24H26ClN9O2. The zero-order valence-electron chi connectivity index (χ0n) is 19.6. The lowest BCUT2D eigenvalue weighted by atomic mass is 10.2. The average Bonchev–Trinajstić information content (AvgIpc) is 3.45. The summed E-state index contributed by atoms with van der Waals surface area (Å²) in [5, 5.41) is 23.5. The molecule has 186 valence electrons. The molecule has 0 atom stereocenters. The van der Waals surface area contributed by atoms with Crippen LogP contribution in [0.15, 0.2) is 57.8 Å². The Labute approximate surface area is 213 Å². The van der Waals surface area contributed by atoms with Gasteiger partial charge in [0.1, 0.15) is 5.75 Å². The molecule has 3 heterocycles. The molecule has 2 aliphatic rings. The van der Waals surface area contributed by atoms with Crippen molar-refractivity contribution in [2.75, 3.05) is 54.6 Å². The largest absolute Gasteiger partial charge is 0.507 e. The monoisotopic (exact) mass is 507 g/mol. The van der Waals surface area contributed by atoms with Gasteiger partial charge in [-0.2, -0.15) is 30.3 Å². The predicted molar refractivity (Wildman–Crippen MR) is 139 cm³/mol. The molecule has 11 nitrogen and oxygen atoms in total. The van der Waals surface area contributed by atoms with Crippen LogP contribution in [-0.2, 0) is 4.74 Å². The summed E-state index contributed by atoms with van der Waals surface area (Å²) in [5.41, 5.74) is 4.54. The number of phenols is 1. The third kappa shape index (κ3) is 6.04. The number of morpholine rings is 1. The molecule has 0 unspecified atom stereocenters. The molecule has 2 fully saturated rings. The van der Waals surface area contributed by atoms with Gasteiger partial charge in [-0.05, 0) is 49.2 Å². The summed E-state index contributed by atoms with van der Waals surface area (Å²) in [6, 6.07) is 12.0. The van der Waals surface area contributed by atoms with Crippen LogP contribution in [-0.4, -0.2) is 65.7 Å². The number of hydrogen-bond donors (Lipinski definition) is 2. The third-order valence-electron chi connectivity index (χ3n) is 5.76. The Morgan fingerprint density at radius 3 is 2.31 bits per heavy atom. The molecule has 2 N–H and O–H groups in total. The Hall–Kier alpha value is -3.83. The Balaban J connectivity index is 1.33. The summed E-state index contributed by atoms with van der Waals surface area (Å²) in [6.07, 6.45) is 3.72. The van der Waals surface area contributed by atoms with Gasteiger partial charge in [0.05, 0.1) is 30.8 Å². The molecule has 0 bridgehead atoms. The first kappa shape index (κ1) is 23.9. The van der Waals surface area contributed by atoms with E-state index in [-0.39, 0.29) is 5.75 Å². The molecule has 2 aliphatic heterocycles. The molecule has 0 spiro atoms. The van der Waals surface area contributed by atoms with Crippen LogP contribution in [0.1, 0.15) is 18.4 Å². The van der Waals surface area contributed by atoms with Gasteiger partial charge in [0.15, 0.2) is 0 Å². The molecule has 0 radical (unpaired) electrons. The molecule has 0 aliphatic carbocycles. The lowest BCUT2D eigenvalue weighted by Gasteiger charge is -2.27. The molecular weight excluding hydrogens is 482 g/mol. The number of ether oxygens (including phenoxy) is 1. The normalized spacial score (nSPS) is 16.4. The van der Waals surface area contributed by atoms with Crippen molar-refractivity contribution >= 4 is 47.0 Å². The summed E-state index contributed by atoms with van der Waals surface area (Å²) in [7, 11) is 0. The van der Waals surface area contributed by atoms with Crippen LogP contribution < -0.4 is 15.2 Å². The van der Waals surface area contributed by atoms with Crippen molar-refractivity contribution in [1.82, 2.24) is 15.0 Å². The van der Waals surface area contributed by atoms with Crippen molar-refractivity contribution in [3.63, 3.8) is 0 Å². The topological polar surface area (TPSA) is 124 Å². The van der Waals surface area contributed by atoms with E-state index < -0.39 is 0 Å². The van der Waals surface area contributed by atoms with E-state index in [9.17, 15) is 5.11 Å². The Morgan fingerprint density at radius 1 is 0.889 bits per heavy atom. The first-order chi connectivity index (χ1) is 17.6. The maximum atomic E-state index is 10.3. The van der Waals surface area contributed by atoms with Crippen LogP contribution in [0.4, 0.5) is 29.2 Å². The number of phenolic OH excluding ortho intramolecular Hbond substituents is 1.